The third-order valence-corrected chi connectivity index (χ3v) is 7.22. The van der Waals surface area contributed by atoms with Crippen molar-refractivity contribution in [2.45, 2.75) is 88.8 Å². The molecule has 28 heavy (non-hydrogen) atoms. The summed E-state index contributed by atoms with van der Waals surface area (Å²) in [4.78, 5) is 34.6. The fourth-order valence-corrected chi connectivity index (χ4v) is 5.43. The standard InChI is InChI=1S/C19H29NO8/c1-10-6-9-18(20)11(2)15(24-14(23)5-4-13(21)22)25-16-19(18)12(10)7-8-17(3,26-16)27-28-19/h10-12,15-16H,4-9,20H2,1-3H3,(H,21,22)/t10-,11+,12+,15-,16-,17+,18-,19?/m1/s1. The highest BCUT2D eigenvalue weighted by atomic mass is 17.3. The Balaban J connectivity index is 1.64. The number of fused-ring (bicyclic) bond motifs is 2. The second kappa shape index (κ2) is 6.63. The van der Waals surface area contributed by atoms with E-state index in [-0.39, 0.29) is 24.7 Å². The van der Waals surface area contributed by atoms with Gasteiger partial charge in [-0.15, -0.1) is 0 Å². The maximum atomic E-state index is 12.1. The molecule has 4 saturated heterocycles. The maximum Gasteiger partial charge on any atom is 0.308 e. The Hall–Kier alpha value is -1.26. The van der Waals surface area contributed by atoms with Crippen LogP contribution in [-0.2, 0) is 33.6 Å². The lowest BCUT2D eigenvalue weighted by Crippen LogP contribution is -2.82. The second-order valence-corrected chi connectivity index (χ2v) is 8.92. The summed E-state index contributed by atoms with van der Waals surface area (Å²) in [5, 5.41) is 8.78. The van der Waals surface area contributed by atoms with Crippen LogP contribution < -0.4 is 5.73 Å². The molecule has 9 nitrogen and oxygen atoms in total. The molecule has 0 aromatic rings. The van der Waals surface area contributed by atoms with Crippen molar-refractivity contribution in [1.29, 1.82) is 0 Å². The number of aliphatic carboxylic acids is 1. The first-order chi connectivity index (χ1) is 13.1. The molecule has 5 aliphatic rings. The lowest BCUT2D eigenvalue weighted by atomic mass is 9.54. The van der Waals surface area contributed by atoms with Crippen molar-refractivity contribution in [3.05, 3.63) is 0 Å². The molecule has 0 amide bonds. The first-order valence-electron chi connectivity index (χ1n) is 10.0. The molecule has 5 rings (SSSR count). The van der Waals surface area contributed by atoms with Gasteiger partial charge in [0.25, 0.3) is 0 Å². The summed E-state index contributed by atoms with van der Waals surface area (Å²) in [6.45, 7) is 5.85. The van der Waals surface area contributed by atoms with Gasteiger partial charge in [0.05, 0.1) is 18.4 Å². The van der Waals surface area contributed by atoms with Crippen molar-refractivity contribution in [3.8, 4) is 0 Å². The van der Waals surface area contributed by atoms with E-state index in [1.54, 1.807) is 6.92 Å². The van der Waals surface area contributed by atoms with Gasteiger partial charge in [0.15, 0.2) is 11.9 Å². The summed E-state index contributed by atoms with van der Waals surface area (Å²) < 4.78 is 17.8. The number of carbonyl (C=O) groups is 2. The number of carboxylic acids is 1. The van der Waals surface area contributed by atoms with Crippen molar-refractivity contribution in [3.63, 3.8) is 0 Å². The third kappa shape index (κ3) is 2.79. The molecule has 4 aliphatic heterocycles. The Kier molecular flexibility index (Phi) is 4.74. The van der Waals surface area contributed by atoms with Gasteiger partial charge >= 0.3 is 11.9 Å². The van der Waals surface area contributed by atoms with Crippen LogP contribution in [0.5, 0.6) is 0 Å². The largest absolute Gasteiger partial charge is 0.481 e. The van der Waals surface area contributed by atoms with Crippen LogP contribution in [0.2, 0.25) is 0 Å². The summed E-state index contributed by atoms with van der Waals surface area (Å²) in [5.41, 5.74) is 5.12. The zero-order valence-corrected chi connectivity index (χ0v) is 16.5. The Morgan fingerprint density at radius 2 is 1.93 bits per heavy atom. The quantitative estimate of drug-likeness (QED) is 0.536. The molecule has 8 atom stereocenters. The summed E-state index contributed by atoms with van der Waals surface area (Å²) in [7, 11) is 0. The monoisotopic (exact) mass is 399 g/mol. The molecule has 0 aromatic carbocycles. The van der Waals surface area contributed by atoms with E-state index in [0.29, 0.717) is 18.8 Å². The topological polar surface area (TPSA) is 127 Å². The van der Waals surface area contributed by atoms with Gasteiger partial charge < -0.3 is 25.1 Å². The van der Waals surface area contributed by atoms with Crippen molar-refractivity contribution in [2.75, 3.05) is 0 Å². The van der Waals surface area contributed by atoms with E-state index in [9.17, 15) is 9.59 Å². The fourth-order valence-electron chi connectivity index (χ4n) is 5.43. The molecule has 0 radical (unpaired) electrons. The van der Waals surface area contributed by atoms with E-state index in [0.717, 1.165) is 12.8 Å². The minimum Gasteiger partial charge on any atom is -0.481 e. The number of carbonyl (C=O) groups excluding carboxylic acids is 1. The normalized spacial score (nSPS) is 49.8. The number of hydrogen-bond acceptors (Lipinski definition) is 8. The van der Waals surface area contributed by atoms with Crippen molar-refractivity contribution in [2.24, 2.45) is 23.5 Å². The minimum absolute atomic E-state index is 0.0895. The molecule has 158 valence electrons. The van der Waals surface area contributed by atoms with E-state index in [1.807, 2.05) is 6.92 Å². The smallest absolute Gasteiger partial charge is 0.308 e. The zero-order chi connectivity index (χ0) is 20.3. The van der Waals surface area contributed by atoms with Gasteiger partial charge in [-0.1, -0.05) is 13.8 Å². The van der Waals surface area contributed by atoms with Crippen LogP contribution in [0, 0.1) is 17.8 Å². The first-order valence-corrected chi connectivity index (χ1v) is 10.0. The molecule has 5 fully saturated rings. The molecule has 1 aliphatic carbocycles. The van der Waals surface area contributed by atoms with Gasteiger partial charge in [0, 0.05) is 18.3 Å². The SMILES string of the molecule is C[C@@H]1CC[C@@]2(N)[C@@H](C)[C@H](OC(=O)CCC(=O)O)O[C@@H]3O[C@]4(C)CC[C@@H]1C32OO4. The van der Waals surface area contributed by atoms with Crippen molar-refractivity contribution < 1.29 is 38.7 Å². The molecular weight excluding hydrogens is 370 g/mol. The van der Waals surface area contributed by atoms with Crippen LogP contribution in [-0.4, -0.2) is 46.6 Å². The molecular formula is C19H29NO8. The van der Waals surface area contributed by atoms with Crippen LogP contribution in [0.3, 0.4) is 0 Å². The number of nitrogens with two attached hydrogens (primary N) is 1. The number of ether oxygens (including phenoxy) is 3. The molecule has 1 saturated carbocycles. The van der Waals surface area contributed by atoms with E-state index < -0.39 is 41.4 Å². The minimum atomic E-state index is -1.06. The predicted molar refractivity (Wildman–Crippen MR) is 93.2 cm³/mol. The highest BCUT2D eigenvalue weighted by Gasteiger charge is 2.75. The highest BCUT2D eigenvalue weighted by molar-refractivity contribution is 5.76. The number of rotatable bonds is 4. The molecule has 0 aromatic heterocycles. The Bertz CT molecular complexity index is 672. The van der Waals surface area contributed by atoms with Crippen LogP contribution in [0.4, 0.5) is 0 Å². The van der Waals surface area contributed by atoms with E-state index in [4.69, 9.17) is 34.8 Å². The van der Waals surface area contributed by atoms with E-state index in [1.165, 1.54) is 0 Å². The number of hydrogen-bond donors (Lipinski definition) is 2. The summed E-state index contributed by atoms with van der Waals surface area (Å²) in [5.74, 6) is -2.59. The maximum absolute atomic E-state index is 12.1. The summed E-state index contributed by atoms with van der Waals surface area (Å²) in [6.07, 6.45) is 0.753. The van der Waals surface area contributed by atoms with E-state index >= 15 is 0 Å². The number of esters is 1. The molecule has 2 bridgehead atoms. The lowest BCUT2D eigenvalue weighted by Gasteiger charge is -2.64. The fraction of sp³-hybridized carbons (Fsp3) is 0.895. The van der Waals surface area contributed by atoms with Gasteiger partial charge in [0.2, 0.25) is 12.1 Å². The predicted octanol–water partition coefficient (Wildman–Crippen LogP) is 1.68. The summed E-state index contributed by atoms with van der Waals surface area (Å²) in [6, 6.07) is 0. The summed E-state index contributed by atoms with van der Waals surface area (Å²) >= 11 is 0. The first kappa shape index (κ1) is 20.0. The lowest BCUT2D eigenvalue weighted by molar-refractivity contribution is -0.577. The molecule has 1 spiro atoms. The Labute approximate surface area is 163 Å². The molecule has 9 heteroatoms. The van der Waals surface area contributed by atoms with Crippen molar-refractivity contribution in [1.82, 2.24) is 0 Å². The van der Waals surface area contributed by atoms with Gasteiger partial charge in [-0.3, -0.25) is 9.59 Å². The Morgan fingerprint density at radius 3 is 2.64 bits per heavy atom. The third-order valence-electron chi connectivity index (χ3n) is 7.22. The van der Waals surface area contributed by atoms with Gasteiger partial charge in [-0.05, 0) is 32.1 Å². The van der Waals surface area contributed by atoms with Crippen LogP contribution in [0.1, 0.15) is 59.3 Å². The van der Waals surface area contributed by atoms with Gasteiger partial charge in [-0.25, -0.2) is 9.78 Å². The molecule has 4 heterocycles. The number of carboxylic acid groups (broad SMARTS) is 1. The van der Waals surface area contributed by atoms with Gasteiger partial charge in [0.1, 0.15) is 0 Å². The Morgan fingerprint density at radius 1 is 1.18 bits per heavy atom. The van der Waals surface area contributed by atoms with Crippen LogP contribution in [0.25, 0.3) is 0 Å². The van der Waals surface area contributed by atoms with Crippen LogP contribution in [0.15, 0.2) is 0 Å². The second-order valence-electron chi connectivity index (χ2n) is 8.92. The van der Waals surface area contributed by atoms with Crippen molar-refractivity contribution >= 4 is 11.9 Å². The average Bonchev–Trinajstić information content (AvgIpc) is 2.87. The van der Waals surface area contributed by atoms with Gasteiger partial charge in [-0.2, -0.15) is 0 Å². The average molecular weight is 399 g/mol. The van der Waals surface area contributed by atoms with E-state index in [2.05, 4.69) is 6.92 Å². The molecule has 3 N–H and O–H groups in total. The van der Waals surface area contributed by atoms with Crippen LogP contribution >= 0.6 is 0 Å². The zero-order valence-electron chi connectivity index (χ0n) is 16.5. The highest BCUT2D eigenvalue weighted by Crippen LogP contribution is 2.61. The molecule has 1 unspecified atom stereocenters.